The molecule has 0 saturated heterocycles. The van der Waals surface area contributed by atoms with Crippen molar-refractivity contribution in [3.63, 3.8) is 0 Å². The van der Waals surface area contributed by atoms with Crippen molar-refractivity contribution in [2.45, 2.75) is 33.1 Å². The van der Waals surface area contributed by atoms with E-state index in [0.717, 1.165) is 37.3 Å². The molecule has 0 fully saturated rings. The lowest BCUT2D eigenvalue weighted by molar-refractivity contribution is 0.758. The van der Waals surface area contributed by atoms with Gasteiger partial charge in [-0.15, -0.1) is 0 Å². The van der Waals surface area contributed by atoms with E-state index in [4.69, 9.17) is 5.73 Å². The zero-order chi connectivity index (χ0) is 15.4. The van der Waals surface area contributed by atoms with Gasteiger partial charge in [-0.3, -0.25) is 4.68 Å². The van der Waals surface area contributed by atoms with Crippen LogP contribution in [0.4, 0.5) is 11.8 Å². The minimum absolute atomic E-state index is 0.346. The fraction of sp³-hybridized carbons (Fsp3) is 0.533. The smallest absolute Gasteiger partial charge is 0.222 e. The van der Waals surface area contributed by atoms with Crippen LogP contribution in [0.3, 0.4) is 0 Å². The maximum absolute atomic E-state index is 5.78. The van der Waals surface area contributed by atoms with Gasteiger partial charge in [0.1, 0.15) is 5.82 Å². The Labute approximate surface area is 126 Å². The van der Waals surface area contributed by atoms with Gasteiger partial charge < -0.3 is 10.6 Å². The van der Waals surface area contributed by atoms with Gasteiger partial charge in [-0.2, -0.15) is 10.1 Å². The lowest BCUT2D eigenvalue weighted by atomic mass is 10.1. The Morgan fingerprint density at radius 1 is 1.33 bits per heavy atom. The van der Waals surface area contributed by atoms with E-state index in [-0.39, 0.29) is 0 Å². The van der Waals surface area contributed by atoms with Gasteiger partial charge in [0.15, 0.2) is 0 Å². The standard InChI is InChI=1S/C15H24N6/c1-5-13-11(2)18-15(16)19-14(13)20(3)8-6-7-12-9-17-21(4)10-12/h9-10H,5-8H2,1-4H3,(H2,16,18,19). The van der Waals surface area contributed by atoms with Crippen molar-refractivity contribution in [3.8, 4) is 0 Å². The van der Waals surface area contributed by atoms with Gasteiger partial charge in [0, 0.05) is 38.1 Å². The molecule has 2 aromatic rings. The van der Waals surface area contributed by atoms with E-state index in [0.29, 0.717) is 5.95 Å². The highest BCUT2D eigenvalue weighted by molar-refractivity contribution is 5.51. The van der Waals surface area contributed by atoms with Crippen LogP contribution in [0.15, 0.2) is 12.4 Å². The summed E-state index contributed by atoms with van der Waals surface area (Å²) in [7, 11) is 4.00. The van der Waals surface area contributed by atoms with Crippen LogP contribution in [-0.2, 0) is 19.9 Å². The van der Waals surface area contributed by atoms with Crippen LogP contribution in [0.1, 0.15) is 30.2 Å². The summed E-state index contributed by atoms with van der Waals surface area (Å²) in [6.45, 7) is 5.04. The third-order valence-electron chi connectivity index (χ3n) is 3.64. The van der Waals surface area contributed by atoms with Crippen molar-refractivity contribution in [1.82, 2.24) is 19.7 Å². The first kappa shape index (κ1) is 15.3. The van der Waals surface area contributed by atoms with E-state index < -0.39 is 0 Å². The summed E-state index contributed by atoms with van der Waals surface area (Å²) in [5.74, 6) is 1.30. The van der Waals surface area contributed by atoms with Gasteiger partial charge in [0.05, 0.1) is 6.20 Å². The Morgan fingerprint density at radius 3 is 2.71 bits per heavy atom. The molecule has 0 aliphatic rings. The molecule has 0 aliphatic heterocycles. The maximum Gasteiger partial charge on any atom is 0.222 e. The molecule has 0 aliphatic carbocycles. The minimum Gasteiger partial charge on any atom is -0.368 e. The van der Waals surface area contributed by atoms with Crippen molar-refractivity contribution >= 4 is 11.8 Å². The molecule has 6 heteroatoms. The van der Waals surface area contributed by atoms with E-state index in [1.54, 1.807) is 0 Å². The van der Waals surface area contributed by atoms with Crippen molar-refractivity contribution in [1.29, 1.82) is 0 Å². The van der Waals surface area contributed by atoms with Crippen LogP contribution in [-0.4, -0.2) is 33.3 Å². The van der Waals surface area contributed by atoms with E-state index >= 15 is 0 Å². The van der Waals surface area contributed by atoms with E-state index in [1.807, 2.05) is 24.9 Å². The topological polar surface area (TPSA) is 72.9 Å². The molecule has 0 radical (unpaired) electrons. The largest absolute Gasteiger partial charge is 0.368 e. The molecule has 0 aromatic carbocycles. The number of nitrogens with zero attached hydrogens (tertiary/aromatic N) is 5. The third kappa shape index (κ3) is 3.71. The first-order valence-corrected chi connectivity index (χ1v) is 7.33. The number of hydrogen-bond donors (Lipinski definition) is 1. The molecule has 2 N–H and O–H groups in total. The lowest BCUT2D eigenvalue weighted by Crippen LogP contribution is -2.23. The van der Waals surface area contributed by atoms with Crippen molar-refractivity contribution in [3.05, 3.63) is 29.2 Å². The Morgan fingerprint density at radius 2 is 2.10 bits per heavy atom. The predicted octanol–water partition coefficient (Wildman–Crippen LogP) is 1.73. The molecule has 0 unspecified atom stereocenters. The molecule has 0 saturated carbocycles. The molecule has 6 nitrogen and oxygen atoms in total. The molecule has 0 atom stereocenters. The van der Waals surface area contributed by atoms with Gasteiger partial charge >= 0.3 is 0 Å². The Kier molecular flexibility index (Phi) is 4.77. The highest BCUT2D eigenvalue weighted by Crippen LogP contribution is 2.21. The van der Waals surface area contributed by atoms with Gasteiger partial charge in [0.2, 0.25) is 5.95 Å². The van der Waals surface area contributed by atoms with Crippen molar-refractivity contribution in [2.75, 3.05) is 24.2 Å². The number of nitrogens with two attached hydrogens (primary N) is 1. The zero-order valence-electron chi connectivity index (χ0n) is 13.3. The third-order valence-corrected chi connectivity index (χ3v) is 3.64. The highest BCUT2D eigenvalue weighted by Gasteiger charge is 2.12. The second kappa shape index (κ2) is 6.56. The van der Waals surface area contributed by atoms with Crippen LogP contribution in [0.5, 0.6) is 0 Å². The van der Waals surface area contributed by atoms with Gasteiger partial charge in [-0.05, 0) is 31.7 Å². The first-order chi connectivity index (χ1) is 10.0. The minimum atomic E-state index is 0.346. The summed E-state index contributed by atoms with van der Waals surface area (Å²) in [6, 6.07) is 0. The molecular formula is C15H24N6. The summed E-state index contributed by atoms with van der Waals surface area (Å²) in [5.41, 5.74) is 9.19. The number of aromatic nitrogens is 4. The molecule has 0 amide bonds. The fourth-order valence-corrected chi connectivity index (χ4v) is 2.56. The molecular weight excluding hydrogens is 264 g/mol. The molecule has 0 bridgehead atoms. The summed E-state index contributed by atoms with van der Waals surface area (Å²) < 4.78 is 1.84. The van der Waals surface area contributed by atoms with Gasteiger partial charge in [-0.25, -0.2) is 4.98 Å². The van der Waals surface area contributed by atoms with E-state index in [2.05, 4.69) is 40.1 Å². The first-order valence-electron chi connectivity index (χ1n) is 7.33. The van der Waals surface area contributed by atoms with Crippen molar-refractivity contribution in [2.24, 2.45) is 7.05 Å². The van der Waals surface area contributed by atoms with E-state index in [9.17, 15) is 0 Å². The molecule has 2 heterocycles. The summed E-state index contributed by atoms with van der Waals surface area (Å²) >= 11 is 0. The number of anilines is 2. The van der Waals surface area contributed by atoms with Crippen LogP contribution >= 0.6 is 0 Å². The molecule has 2 aromatic heterocycles. The Bertz CT molecular complexity index is 604. The summed E-state index contributed by atoms with van der Waals surface area (Å²) in [4.78, 5) is 10.8. The van der Waals surface area contributed by atoms with Crippen LogP contribution in [0.2, 0.25) is 0 Å². The highest BCUT2D eigenvalue weighted by atomic mass is 15.2. The second-order valence-corrected chi connectivity index (χ2v) is 5.37. The van der Waals surface area contributed by atoms with Crippen LogP contribution < -0.4 is 10.6 Å². The number of rotatable bonds is 6. The quantitative estimate of drug-likeness (QED) is 0.876. The number of nitrogen functional groups attached to an aromatic ring is 1. The normalized spacial score (nSPS) is 10.9. The van der Waals surface area contributed by atoms with Gasteiger partial charge in [-0.1, -0.05) is 6.92 Å². The monoisotopic (exact) mass is 288 g/mol. The van der Waals surface area contributed by atoms with Crippen LogP contribution in [0, 0.1) is 6.92 Å². The predicted molar refractivity (Wildman–Crippen MR) is 85.4 cm³/mol. The number of hydrogen-bond acceptors (Lipinski definition) is 5. The summed E-state index contributed by atoms with van der Waals surface area (Å²) in [6.07, 6.45) is 6.95. The fourth-order valence-electron chi connectivity index (χ4n) is 2.56. The van der Waals surface area contributed by atoms with Gasteiger partial charge in [0.25, 0.3) is 0 Å². The second-order valence-electron chi connectivity index (χ2n) is 5.37. The number of aryl methyl sites for hydroxylation is 3. The Hall–Kier alpha value is -2.11. The summed E-state index contributed by atoms with van der Waals surface area (Å²) in [5, 5.41) is 4.19. The van der Waals surface area contributed by atoms with Crippen LogP contribution in [0.25, 0.3) is 0 Å². The average molecular weight is 288 g/mol. The molecule has 0 spiro atoms. The van der Waals surface area contributed by atoms with Crippen molar-refractivity contribution < 1.29 is 0 Å². The zero-order valence-corrected chi connectivity index (χ0v) is 13.3. The van der Waals surface area contributed by atoms with E-state index in [1.165, 1.54) is 11.1 Å². The molecule has 2 rings (SSSR count). The SMILES string of the molecule is CCc1c(C)nc(N)nc1N(C)CCCc1cnn(C)c1. The molecule has 21 heavy (non-hydrogen) atoms. The maximum atomic E-state index is 5.78. The lowest BCUT2D eigenvalue weighted by Gasteiger charge is -2.22. The molecule has 114 valence electrons. The Balaban J connectivity index is 2.01. The average Bonchev–Trinajstić information content (AvgIpc) is 2.83.